The molecule has 0 aromatic heterocycles. The van der Waals surface area contributed by atoms with Crippen LogP contribution in [0.4, 0.5) is 5.69 Å². The van der Waals surface area contributed by atoms with E-state index in [0.29, 0.717) is 25.3 Å². The molecule has 3 rings (SSSR count). The van der Waals surface area contributed by atoms with Gasteiger partial charge in [0, 0.05) is 45.7 Å². The maximum atomic E-state index is 12.4. The predicted molar refractivity (Wildman–Crippen MR) is 100 cm³/mol. The summed E-state index contributed by atoms with van der Waals surface area (Å²) >= 11 is 0. The molecule has 1 aromatic rings. The van der Waals surface area contributed by atoms with Crippen molar-refractivity contribution in [1.29, 1.82) is 0 Å². The molecule has 0 radical (unpaired) electrons. The summed E-state index contributed by atoms with van der Waals surface area (Å²) in [6.45, 7) is 8.02. The van der Waals surface area contributed by atoms with E-state index in [-0.39, 0.29) is 11.8 Å². The predicted octanol–water partition coefficient (Wildman–Crippen LogP) is 0.602. The Balaban J connectivity index is 1.41. The van der Waals surface area contributed by atoms with Gasteiger partial charge in [-0.25, -0.2) is 0 Å². The number of nitrogens with zero attached hydrogens (tertiary/aromatic N) is 2. The van der Waals surface area contributed by atoms with Gasteiger partial charge in [-0.15, -0.1) is 0 Å². The highest BCUT2D eigenvalue weighted by Gasteiger charge is 2.31. The lowest BCUT2D eigenvalue weighted by molar-refractivity contribution is -0.125. The highest BCUT2D eigenvalue weighted by Crippen LogP contribution is 2.33. The van der Waals surface area contributed by atoms with E-state index in [9.17, 15) is 9.59 Å². The molecular weight excluding hydrogens is 332 g/mol. The first kappa shape index (κ1) is 18.7. The van der Waals surface area contributed by atoms with Gasteiger partial charge in [0.2, 0.25) is 5.91 Å². The first-order chi connectivity index (χ1) is 12.6. The van der Waals surface area contributed by atoms with E-state index in [2.05, 4.69) is 15.5 Å². The summed E-state index contributed by atoms with van der Waals surface area (Å²) in [6, 6.07) is 7.45. The number of carbonyl (C=O) groups excluding carboxylic acids is 2. The number of fused-ring (bicyclic) bond motifs is 1. The molecule has 0 aliphatic carbocycles. The molecule has 0 bridgehead atoms. The van der Waals surface area contributed by atoms with Crippen LogP contribution in [0.2, 0.25) is 0 Å². The van der Waals surface area contributed by atoms with Gasteiger partial charge in [-0.05, 0) is 32.0 Å². The third kappa shape index (κ3) is 4.74. The third-order valence-electron chi connectivity index (χ3n) is 4.82. The zero-order chi connectivity index (χ0) is 18.4. The minimum Gasteiger partial charge on any atom is -0.479 e. The van der Waals surface area contributed by atoms with Gasteiger partial charge in [0.1, 0.15) is 5.75 Å². The second-order valence-electron chi connectivity index (χ2n) is 6.76. The number of hydrogen-bond acceptors (Lipinski definition) is 5. The Kier molecular flexibility index (Phi) is 6.46. The van der Waals surface area contributed by atoms with Crippen molar-refractivity contribution in [1.82, 2.24) is 15.5 Å². The number of hydrogen-bond donors (Lipinski definition) is 2. The average Bonchev–Trinajstić information content (AvgIpc) is 2.66. The monoisotopic (exact) mass is 360 g/mol. The van der Waals surface area contributed by atoms with Crippen LogP contribution in [-0.2, 0) is 9.59 Å². The number of amides is 2. The molecule has 1 saturated heterocycles. The lowest BCUT2D eigenvalue weighted by atomic mass is 10.1. The fourth-order valence-electron chi connectivity index (χ4n) is 3.36. The van der Waals surface area contributed by atoms with E-state index in [1.54, 1.807) is 11.8 Å². The molecule has 2 aliphatic heterocycles. The number of nitrogens with one attached hydrogen (secondary N) is 2. The number of para-hydroxylation sites is 2. The molecule has 0 spiro atoms. The molecule has 142 valence electrons. The van der Waals surface area contributed by atoms with Gasteiger partial charge in [-0.3, -0.25) is 9.59 Å². The molecule has 7 heteroatoms. The third-order valence-corrected chi connectivity index (χ3v) is 4.82. The summed E-state index contributed by atoms with van der Waals surface area (Å²) in [5.41, 5.74) is 0.738. The zero-order valence-corrected chi connectivity index (χ0v) is 15.4. The van der Waals surface area contributed by atoms with Crippen LogP contribution >= 0.6 is 0 Å². The van der Waals surface area contributed by atoms with Crippen LogP contribution in [0.15, 0.2) is 24.3 Å². The first-order valence-electron chi connectivity index (χ1n) is 9.42. The van der Waals surface area contributed by atoms with Crippen molar-refractivity contribution in [2.45, 2.75) is 25.9 Å². The van der Waals surface area contributed by atoms with E-state index in [0.717, 1.165) is 44.8 Å². The Morgan fingerprint density at radius 2 is 2.04 bits per heavy atom. The van der Waals surface area contributed by atoms with Gasteiger partial charge in [-0.1, -0.05) is 12.1 Å². The number of benzene rings is 1. The van der Waals surface area contributed by atoms with Crippen molar-refractivity contribution in [3.05, 3.63) is 24.3 Å². The lowest BCUT2D eigenvalue weighted by Crippen LogP contribution is -2.46. The molecule has 2 aliphatic rings. The molecular formula is C19H28N4O3. The summed E-state index contributed by atoms with van der Waals surface area (Å²) in [5.74, 6) is 0.570. The standard InChI is InChI=1S/C19H28N4O3/c1-15-19(25)23(16-5-2-3-6-17(16)26-15)12-7-18(24)21-8-4-11-22-13-9-20-10-14-22/h2-3,5-6,15,20H,4,7-14H2,1H3,(H,21,24). The fourth-order valence-corrected chi connectivity index (χ4v) is 3.36. The second-order valence-corrected chi connectivity index (χ2v) is 6.76. The molecule has 1 aromatic carbocycles. The Labute approximate surface area is 154 Å². The van der Waals surface area contributed by atoms with Crippen LogP contribution in [0, 0.1) is 0 Å². The number of piperazine rings is 1. The van der Waals surface area contributed by atoms with Crippen LogP contribution in [0.25, 0.3) is 0 Å². The summed E-state index contributed by atoms with van der Waals surface area (Å²) in [4.78, 5) is 28.6. The maximum absolute atomic E-state index is 12.4. The maximum Gasteiger partial charge on any atom is 0.267 e. The minimum atomic E-state index is -0.521. The van der Waals surface area contributed by atoms with Crippen LogP contribution in [0.1, 0.15) is 19.8 Å². The van der Waals surface area contributed by atoms with E-state index in [4.69, 9.17) is 4.74 Å². The van der Waals surface area contributed by atoms with E-state index in [1.165, 1.54) is 0 Å². The van der Waals surface area contributed by atoms with Crippen molar-refractivity contribution in [3.8, 4) is 5.75 Å². The summed E-state index contributed by atoms with van der Waals surface area (Å²) in [5, 5.41) is 6.29. The Morgan fingerprint density at radius 3 is 2.85 bits per heavy atom. The van der Waals surface area contributed by atoms with E-state index in [1.807, 2.05) is 24.3 Å². The second kappa shape index (κ2) is 9.00. The van der Waals surface area contributed by atoms with Crippen molar-refractivity contribution >= 4 is 17.5 Å². The van der Waals surface area contributed by atoms with Crippen LogP contribution in [0.5, 0.6) is 5.75 Å². The molecule has 26 heavy (non-hydrogen) atoms. The number of anilines is 1. The smallest absolute Gasteiger partial charge is 0.267 e. The molecule has 1 atom stereocenters. The van der Waals surface area contributed by atoms with Gasteiger partial charge in [0.15, 0.2) is 6.10 Å². The van der Waals surface area contributed by atoms with E-state index >= 15 is 0 Å². The molecule has 7 nitrogen and oxygen atoms in total. The molecule has 0 saturated carbocycles. The quantitative estimate of drug-likeness (QED) is 0.697. The lowest BCUT2D eigenvalue weighted by Gasteiger charge is -2.32. The molecule has 2 amide bonds. The largest absolute Gasteiger partial charge is 0.479 e. The Hall–Kier alpha value is -2.12. The van der Waals surface area contributed by atoms with Crippen molar-refractivity contribution in [2.24, 2.45) is 0 Å². The number of carbonyl (C=O) groups is 2. The van der Waals surface area contributed by atoms with Gasteiger partial charge < -0.3 is 25.2 Å². The number of rotatable bonds is 7. The van der Waals surface area contributed by atoms with Crippen molar-refractivity contribution in [2.75, 3.05) is 50.7 Å². The SMILES string of the molecule is CC1Oc2ccccc2N(CCC(=O)NCCCN2CCNCC2)C1=O. The van der Waals surface area contributed by atoms with Crippen LogP contribution in [-0.4, -0.2) is 68.6 Å². The first-order valence-corrected chi connectivity index (χ1v) is 9.42. The average molecular weight is 360 g/mol. The summed E-state index contributed by atoms with van der Waals surface area (Å²) in [6.07, 6.45) is 0.717. The highest BCUT2D eigenvalue weighted by atomic mass is 16.5. The van der Waals surface area contributed by atoms with Gasteiger partial charge in [-0.2, -0.15) is 0 Å². The van der Waals surface area contributed by atoms with Gasteiger partial charge >= 0.3 is 0 Å². The van der Waals surface area contributed by atoms with Crippen molar-refractivity contribution in [3.63, 3.8) is 0 Å². The fraction of sp³-hybridized carbons (Fsp3) is 0.579. The Bertz CT molecular complexity index is 631. The van der Waals surface area contributed by atoms with Crippen molar-refractivity contribution < 1.29 is 14.3 Å². The molecule has 1 fully saturated rings. The van der Waals surface area contributed by atoms with Crippen LogP contribution < -0.4 is 20.3 Å². The Morgan fingerprint density at radius 1 is 1.27 bits per heavy atom. The molecule has 2 heterocycles. The summed E-state index contributed by atoms with van der Waals surface area (Å²) in [7, 11) is 0. The van der Waals surface area contributed by atoms with Gasteiger partial charge in [0.05, 0.1) is 5.69 Å². The van der Waals surface area contributed by atoms with Crippen LogP contribution in [0.3, 0.4) is 0 Å². The highest BCUT2D eigenvalue weighted by molar-refractivity contribution is 6.00. The zero-order valence-electron chi connectivity index (χ0n) is 15.4. The number of ether oxygens (including phenoxy) is 1. The van der Waals surface area contributed by atoms with Gasteiger partial charge in [0.25, 0.3) is 5.91 Å². The summed E-state index contributed by atoms with van der Waals surface area (Å²) < 4.78 is 5.62. The topological polar surface area (TPSA) is 73.9 Å². The van der Waals surface area contributed by atoms with E-state index < -0.39 is 6.10 Å². The normalized spacial score (nSPS) is 20.4. The molecule has 1 unspecified atom stereocenters. The molecule has 2 N–H and O–H groups in total. The minimum absolute atomic E-state index is 0.0188.